The van der Waals surface area contributed by atoms with Gasteiger partial charge in [0.1, 0.15) is 37.5 Å². The molecule has 6 aromatic rings. The number of hydrogen-bond donors (Lipinski definition) is 8. The molecule has 0 aromatic heterocycles. The molecule has 0 unspecified atom stereocenters. The van der Waals surface area contributed by atoms with Crippen molar-refractivity contribution >= 4 is 98.0 Å². The number of fused-ring (bicyclic) bond motifs is 1. The first-order valence-electron chi connectivity index (χ1n) is 16.1. The second kappa shape index (κ2) is 15.6. The summed E-state index contributed by atoms with van der Waals surface area (Å²) in [6, 6.07) is 21.7. The number of azo groups is 3. The van der Waals surface area contributed by atoms with Gasteiger partial charge in [-0.15, -0.1) is 15.3 Å². The standard InChI is InChI=1S/C35H29N9O11S3/c1-18-3-2-4-23(13-18)40-44-34-30(58(53,54)55)15-19-14-29(57(50,51)52)33(32(37)31(19)35(34)46)43-41-24-10-12-26(28(17-24)56(47,48)49)38-21-6-8-22(9-7-21)39-42-25-11-5-20(36)16-27(25)45/h2-17,38,45-46H,36-37H2,1H3,(H,47,48,49)(H,50,51,52)(H,53,54,55). The Bertz CT molecular complexity index is 3070. The highest BCUT2D eigenvalue weighted by Crippen LogP contribution is 2.48. The Kier molecular flexibility index (Phi) is 10.9. The number of nitrogen functional groups attached to an aromatic ring is 2. The van der Waals surface area contributed by atoms with Crippen LogP contribution in [0.15, 0.2) is 142 Å². The van der Waals surface area contributed by atoms with Crippen LogP contribution in [0.3, 0.4) is 0 Å². The van der Waals surface area contributed by atoms with Crippen molar-refractivity contribution in [3.8, 4) is 11.5 Å². The first kappa shape index (κ1) is 40.8. The highest BCUT2D eigenvalue weighted by atomic mass is 32.2. The summed E-state index contributed by atoms with van der Waals surface area (Å²) in [7, 11) is -15.3. The maximum absolute atomic E-state index is 12.5. The number of aryl methyl sites for hydroxylation is 1. The van der Waals surface area contributed by atoms with E-state index in [0.717, 1.165) is 17.7 Å². The summed E-state index contributed by atoms with van der Waals surface area (Å²) in [6.45, 7) is 1.75. The van der Waals surface area contributed by atoms with E-state index < -0.39 is 78.6 Å². The minimum atomic E-state index is -5.21. The minimum Gasteiger partial charge on any atom is -0.506 e. The zero-order valence-corrected chi connectivity index (χ0v) is 31.9. The lowest BCUT2D eigenvalue weighted by Gasteiger charge is -2.14. The molecule has 0 saturated carbocycles. The van der Waals surface area contributed by atoms with Crippen LogP contribution < -0.4 is 16.8 Å². The van der Waals surface area contributed by atoms with Crippen molar-refractivity contribution in [2.24, 2.45) is 30.7 Å². The van der Waals surface area contributed by atoms with Gasteiger partial charge in [0.2, 0.25) is 0 Å². The van der Waals surface area contributed by atoms with Crippen LogP contribution in [0.2, 0.25) is 0 Å². The number of hydrogen-bond acceptors (Lipinski definition) is 17. The monoisotopic (exact) mass is 847 g/mol. The average molecular weight is 848 g/mol. The van der Waals surface area contributed by atoms with Gasteiger partial charge in [0.05, 0.1) is 33.8 Å². The zero-order chi connectivity index (χ0) is 42.2. The van der Waals surface area contributed by atoms with Gasteiger partial charge in [-0.3, -0.25) is 13.7 Å². The molecular weight excluding hydrogens is 819 g/mol. The molecule has 10 N–H and O–H groups in total. The highest BCUT2D eigenvalue weighted by Gasteiger charge is 2.28. The molecule has 20 nitrogen and oxygen atoms in total. The Morgan fingerprint density at radius 3 is 1.74 bits per heavy atom. The molecule has 0 spiro atoms. The first-order valence-corrected chi connectivity index (χ1v) is 20.5. The predicted octanol–water partition coefficient (Wildman–Crippen LogP) is 8.45. The predicted molar refractivity (Wildman–Crippen MR) is 212 cm³/mol. The fraction of sp³-hybridized carbons (Fsp3) is 0.0286. The Morgan fingerprint density at radius 1 is 0.569 bits per heavy atom. The Labute approximate surface area is 329 Å². The van der Waals surface area contributed by atoms with Gasteiger partial charge in [-0.25, -0.2) is 0 Å². The molecule has 298 valence electrons. The van der Waals surface area contributed by atoms with Crippen LogP contribution in [0.25, 0.3) is 10.8 Å². The first-order chi connectivity index (χ1) is 27.2. The molecule has 0 aliphatic carbocycles. The van der Waals surface area contributed by atoms with Gasteiger partial charge in [0.25, 0.3) is 30.4 Å². The third-order valence-corrected chi connectivity index (χ3v) is 10.7. The Hall–Kier alpha value is -6.89. The van der Waals surface area contributed by atoms with Crippen molar-refractivity contribution in [1.82, 2.24) is 0 Å². The molecule has 6 aromatic carbocycles. The number of nitrogens with two attached hydrogens (primary N) is 2. The summed E-state index contributed by atoms with van der Waals surface area (Å²) < 4.78 is 105. The van der Waals surface area contributed by atoms with E-state index in [4.69, 9.17) is 11.5 Å². The van der Waals surface area contributed by atoms with E-state index >= 15 is 0 Å². The molecular formula is C35H29N9O11S3. The molecule has 0 radical (unpaired) electrons. The van der Waals surface area contributed by atoms with E-state index in [0.29, 0.717) is 23.1 Å². The number of aromatic hydroxyl groups is 2. The number of phenolic OH excluding ortho intramolecular Hbond substituents is 2. The number of benzene rings is 6. The third-order valence-electron chi connectivity index (χ3n) is 8.06. The number of rotatable bonds is 11. The normalized spacial score (nSPS) is 12.6. The summed E-state index contributed by atoms with van der Waals surface area (Å²) in [5.74, 6) is -1.15. The van der Waals surface area contributed by atoms with Crippen LogP contribution >= 0.6 is 0 Å². The van der Waals surface area contributed by atoms with E-state index in [-0.39, 0.29) is 28.5 Å². The molecule has 0 aliphatic heterocycles. The minimum absolute atomic E-state index is 0.126. The summed E-state index contributed by atoms with van der Waals surface area (Å²) in [4.78, 5) is -2.68. The third kappa shape index (κ3) is 9.04. The molecule has 0 fully saturated rings. The van der Waals surface area contributed by atoms with Gasteiger partial charge in [-0.05, 0) is 96.7 Å². The van der Waals surface area contributed by atoms with Gasteiger partial charge in [-0.2, -0.15) is 40.6 Å². The lowest BCUT2D eigenvalue weighted by molar-refractivity contribution is 0.472. The SMILES string of the molecule is Cc1cccc(N=Nc2c(S(=O)(=O)O)cc3cc(S(=O)(=O)O)c(N=Nc4ccc(Nc5ccc(N=Nc6ccc(N)cc6O)cc5)c(S(=O)(=O)O)c4)c(N)c3c2O)c1. The van der Waals surface area contributed by atoms with Gasteiger partial charge in [0, 0.05) is 17.4 Å². The lowest BCUT2D eigenvalue weighted by Crippen LogP contribution is -2.04. The van der Waals surface area contributed by atoms with Gasteiger partial charge >= 0.3 is 0 Å². The number of anilines is 4. The molecule has 58 heavy (non-hydrogen) atoms. The number of nitrogens with zero attached hydrogens (tertiary/aromatic N) is 6. The van der Waals surface area contributed by atoms with E-state index in [9.17, 15) is 49.1 Å². The maximum atomic E-state index is 12.5. The molecule has 0 amide bonds. The van der Waals surface area contributed by atoms with Crippen LogP contribution in [0, 0.1) is 6.92 Å². The van der Waals surface area contributed by atoms with E-state index in [1.807, 2.05) is 0 Å². The fourth-order valence-electron chi connectivity index (χ4n) is 5.40. The second-order valence-electron chi connectivity index (χ2n) is 12.3. The summed E-state index contributed by atoms with van der Waals surface area (Å²) in [6.07, 6.45) is 0. The number of phenols is 2. The molecule has 0 heterocycles. The average Bonchev–Trinajstić information content (AvgIpc) is 3.13. The fourth-order valence-corrected chi connectivity index (χ4v) is 7.40. The van der Waals surface area contributed by atoms with Crippen LogP contribution in [-0.2, 0) is 30.4 Å². The van der Waals surface area contributed by atoms with Crippen molar-refractivity contribution in [2.75, 3.05) is 16.8 Å². The maximum Gasteiger partial charge on any atom is 0.296 e. The Balaban J connectivity index is 1.38. The van der Waals surface area contributed by atoms with Crippen molar-refractivity contribution in [2.45, 2.75) is 21.6 Å². The van der Waals surface area contributed by atoms with E-state index in [2.05, 4.69) is 36.0 Å². The molecule has 0 atom stereocenters. The summed E-state index contributed by atoms with van der Waals surface area (Å²) in [5.41, 5.74) is 11.5. The van der Waals surface area contributed by atoms with Gasteiger partial charge < -0.3 is 27.0 Å². The smallest absolute Gasteiger partial charge is 0.296 e. The van der Waals surface area contributed by atoms with Crippen molar-refractivity contribution in [3.63, 3.8) is 0 Å². The van der Waals surface area contributed by atoms with E-state index in [1.54, 1.807) is 25.1 Å². The molecule has 23 heteroatoms. The van der Waals surface area contributed by atoms with Crippen molar-refractivity contribution in [1.29, 1.82) is 0 Å². The molecule has 0 bridgehead atoms. The zero-order valence-electron chi connectivity index (χ0n) is 29.5. The molecule has 0 saturated heterocycles. The number of nitrogens with one attached hydrogen (secondary N) is 1. The second-order valence-corrected chi connectivity index (χ2v) is 16.4. The van der Waals surface area contributed by atoms with Crippen LogP contribution in [-0.4, -0.2) is 49.1 Å². The van der Waals surface area contributed by atoms with Crippen molar-refractivity contribution in [3.05, 3.63) is 103 Å². The van der Waals surface area contributed by atoms with E-state index in [1.165, 1.54) is 60.7 Å². The lowest BCUT2D eigenvalue weighted by atomic mass is 10.1. The molecule has 0 aliphatic rings. The van der Waals surface area contributed by atoms with Crippen molar-refractivity contribution < 1.29 is 49.1 Å². The molecule has 6 rings (SSSR count). The van der Waals surface area contributed by atoms with Gasteiger partial charge in [0.15, 0.2) is 5.75 Å². The summed E-state index contributed by atoms with van der Waals surface area (Å²) >= 11 is 0. The van der Waals surface area contributed by atoms with Crippen LogP contribution in [0.4, 0.5) is 56.9 Å². The summed E-state index contributed by atoms with van der Waals surface area (Å²) in [5, 5.41) is 46.7. The Morgan fingerprint density at radius 2 is 1.14 bits per heavy atom. The highest BCUT2D eigenvalue weighted by molar-refractivity contribution is 7.86. The largest absolute Gasteiger partial charge is 0.506 e. The quantitative estimate of drug-likeness (QED) is 0.0344. The van der Waals surface area contributed by atoms with Crippen LogP contribution in [0.1, 0.15) is 5.56 Å². The van der Waals surface area contributed by atoms with Crippen LogP contribution in [0.5, 0.6) is 11.5 Å². The van der Waals surface area contributed by atoms with Gasteiger partial charge in [-0.1, -0.05) is 12.1 Å². The topological polar surface area (TPSA) is 342 Å².